The summed E-state index contributed by atoms with van der Waals surface area (Å²) in [5.41, 5.74) is 0.643. The molecule has 0 bridgehead atoms. The quantitative estimate of drug-likeness (QED) is 0.432. The van der Waals surface area contributed by atoms with Crippen LogP contribution in [0, 0.1) is 10.1 Å². The molecular weight excluding hydrogens is 332 g/mol. The molecule has 0 fully saturated rings. The number of nitrogens with zero attached hydrogens (tertiary/aromatic N) is 3. The van der Waals surface area contributed by atoms with Gasteiger partial charge in [-0.25, -0.2) is 0 Å². The standard InChI is InChI=1S/C15H10N4O4S/c20-13(8-5-10-3-6-11(7-4-10)19(21)22)16-15-18-17-14(23-15)12-2-1-9-24-12/h1-9H,(H,16,18,20)/b8-5-. The van der Waals surface area contributed by atoms with Gasteiger partial charge in [-0.15, -0.1) is 16.4 Å². The lowest BCUT2D eigenvalue weighted by molar-refractivity contribution is -0.384. The third-order valence-electron chi connectivity index (χ3n) is 2.92. The highest BCUT2D eigenvalue weighted by Gasteiger charge is 2.10. The molecular formula is C15H10N4O4S. The minimum atomic E-state index is -0.485. The Morgan fingerprint density at radius 3 is 2.71 bits per heavy atom. The Kier molecular flexibility index (Phi) is 4.43. The number of aromatic nitrogens is 2. The van der Waals surface area contributed by atoms with Gasteiger partial charge in [0.25, 0.3) is 17.5 Å². The van der Waals surface area contributed by atoms with Gasteiger partial charge in [0.05, 0.1) is 9.80 Å². The fraction of sp³-hybridized carbons (Fsp3) is 0. The molecule has 0 unspecified atom stereocenters. The van der Waals surface area contributed by atoms with Gasteiger partial charge in [-0.2, -0.15) is 0 Å². The summed E-state index contributed by atoms with van der Waals surface area (Å²) in [4.78, 5) is 22.7. The van der Waals surface area contributed by atoms with Crippen LogP contribution in [0.5, 0.6) is 0 Å². The third kappa shape index (κ3) is 3.70. The second kappa shape index (κ2) is 6.84. The molecule has 3 aromatic rings. The molecule has 1 aromatic carbocycles. The van der Waals surface area contributed by atoms with E-state index in [4.69, 9.17) is 4.42 Å². The van der Waals surface area contributed by atoms with Gasteiger partial charge >= 0.3 is 6.01 Å². The maximum Gasteiger partial charge on any atom is 0.322 e. The van der Waals surface area contributed by atoms with E-state index in [9.17, 15) is 14.9 Å². The minimum Gasteiger partial charge on any atom is -0.402 e. The van der Waals surface area contributed by atoms with Crippen molar-refractivity contribution in [1.82, 2.24) is 10.2 Å². The van der Waals surface area contributed by atoms with Crippen molar-refractivity contribution < 1.29 is 14.1 Å². The molecule has 0 aliphatic heterocycles. The van der Waals surface area contributed by atoms with Crippen molar-refractivity contribution in [3.63, 3.8) is 0 Å². The van der Waals surface area contributed by atoms with E-state index in [0.717, 1.165) is 4.88 Å². The molecule has 2 aromatic heterocycles. The molecule has 24 heavy (non-hydrogen) atoms. The van der Waals surface area contributed by atoms with Crippen molar-refractivity contribution in [2.75, 3.05) is 5.32 Å². The Balaban J connectivity index is 1.62. The number of nitro groups is 1. The average molecular weight is 342 g/mol. The number of anilines is 1. The monoisotopic (exact) mass is 342 g/mol. The number of carbonyl (C=O) groups excluding carboxylic acids is 1. The summed E-state index contributed by atoms with van der Waals surface area (Å²) in [7, 11) is 0. The van der Waals surface area contributed by atoms with E-state index in [0.29, 0.717) is 11.5 Å². The van der Waals surface area contributed by atoms with E-state index >= 15 is 0 Å². The zero-order valence-corrected chi connectivity index (χ0v) is 12.9. The Labute approximate surface area is 139 Å². The first-order chi connectivity index (χ1) is 11.6. The highest BCUT2D eigenvalue weighted by atomic mass is 32.1. The highest BCUT2D eigenvalue weighted by Crippen LogP contribution is 2.24. The molecule has 0 saturated carbocycles. The van der Waals surface area contributed by atoms with Crippen molar-refractivity contribution in [2.45, 2.75) is 0 Å². The minimum absolute atomic E-state index is 0.00301. The highest BCUT2D eigenvalue weighted by molar-refractivity contribution is 7.13. The van der Waals surface area contributed by atoms with Crippen LogP contribution in [0.2, 0.25) is 0 Å². The molecule has 1 amide bonds. The first-order valence-electron chi connectivity index (χ1n) is 6.73. The van der Waals surface area contributed by atoms with Crippen molar-refractivity contribution >= 4 is 35.0 Å². The number of rotatable bonds is 5. The lowest BCUT2D eigenvalue weighted by atomic mass is 10.2. The lowest BCUT2D eigenvalue weighted by Crippen LogP contribution is -2.07. The molecule has 0 aliphatic rings. The summed E-state index contributed by atoms with van der Waals surface area (Å²) in [5, 5.41) is 22.5. The predicted octanol–water partition coefficient (Wildman–Crippen LogP) is 3.36. The van der Waals surface area contributed by atoms with Crippen molar-refractivity contribution in [2.24, 2.45) is 0 Å². The summed E-state index contributed by atoms with van der Waals surface area (Å²) in [6, 6.07) is 9.50. The van der Waals surface area contributed by atoms with Gasteiger partial charge < -0.3 is 4.42 Å². The van der Waals surface area contributed by atoms with Crippen LogP contribution in [-0.4, -0.2) is 21.0 Å². The lowest BCUT2D eigenvalue weighted by Gasteiger charge is -1.95. The molecule has 120 valence electrons. The molecule has 0 saturated heterocycles. The van der Waals surface area contributed by atoms with Gasteiger partial charge in [-0.3, -0.25) is 20.2 Å². The first-order valence-corrected chi connectivity index (χ1v) is 7.61. The van der Waals surface area contributed by atoms with E-state index < -0.39 is 10.8 Å². The van der Waals surface area contributed by atoms with Gasteiger partial charge in [0.15, 0.2) is 0 Å². The number of amides is 1. The van der Waals surface area contributed by atoms with Crippen LogP contribution >= 0.6 is 11.3 Å². The Bertz CT molecular complexity index is 885. The summed E-state index contributed by atoms with van der Waals surface area (Å²) < 4.78 is 5.34. The number of non-ortho nitro benzene ring substituents is 1. The average Bonchev–Trinajstić information content (AvgIpc) is 3.24. The van der Waals surface area contributed by atoms with Crippen LogP contribution in [-0.2, 0) is 4.79 Å². The van der Waals surface area contributed by atoms with Gasteiger partial charge in [-0.05, 0) is 35.2 Å². The maximum atomic E-state index is 11.8. The van der Waals surface area contributed by atoms with E-state index in [-0.39, 0.29) is 11.7 Å². The number of carbonyl (C=O) groups is 1. The topological polar surface area (TPSA) is 111 Å². The molecule has 2 heterocycles. The number of hydrogen-bond acceptors (Lipinski definition) is 7. The normalized spacial score (nSPS) is 10.8. The van der Waals surface area contributed by atoms with Gasteiger partial charge in [0.1, 0.15) is 0 Å². The maximum absolute atomic E-state index is 11.8. The van der Waals surface area contributed by atoms with Gasteiger partial charge in [-0.1, -0.05) is 11.2 Å². The molecule has 0 aliphatic carbocycles. The number of benzene rings is 1. The molecule has 3 rings (SSSR count). The van der Waals surface area contributed by atoms with Crippen LogP contribution in [0.3, 0.4) is 0 Å². The SMILES string of the molecule is O=C(/C=C\c1ccc([N+](=O)[O-])cc1)Nc1nnc(-c2cccs2)o1. The predicted molar refractivity (Wildman–Crippen MR) is 88.4 cm³/mol. The summed E-state index contributed by atoms with van der Waals surface area (Å²) in [5.74, 6) is -0.116. The zero-order chi connectivity index (χ0) is 16.9. The van der Waals surface area contributed by atoms with Crippen molar-refractivity contribution in [1.29, 1.82) is 0 Å². The third-order valence-corrected chi connectivity index (χ3v) is 3.78. The summed E-state index contributed by atoms with van der Waals surface area (Å²) in [6.45, 7) is 0. The van der Waals surface area contributed by atoms with Crippen LogP contribution in [0.25, 0.3) is 16.8 Å². The second-order valence-electron chi connectivity index (χ2n) is 4.56. The van der Waals surface area contributed by atoms with Crippen LogP contribution in [0.15, 0.2) is 52.3 Å². The largest absolute Gasteiger partial charge is 0.402 e. The number of nitro benzene ring substituents is 1. The fourth-order valence-electron chi connectivity index (χ4n) is 1.80. The first kappa shape index (κ1) is 15.6. The molecule has 0 spiro atoms. The van der Waals surface area contributed by atoms with Crippen LogP contribution in [0.1, 0.15) is 5.56 Å². The van der Waals surface area contributed by atoms with Crippen molar-refractivity contribution in [3.8, 4) is 10.8 Å². The number of thiophene rings is 1. The Morgan fingerprint density at radius 2 is 2.04 bits per heavy atom. The van der Waals surface area contributed by atoms with E-state index in [2.05, 4.69) is 15.5 Å². The van der Waals surface area contributed by atoms with E-state index in [1.165, 1.54) is 35.6 Å². The van der Waals surface area contributed by atoms with Crippen LogP contribution < -0.4 is 5.32 Å². The Morgan fingerprint density at radius 1 is 1.25 bits per heavy atom. The molecule has 9 heteroatoms. The van der Waals surface area contributed by atoms with E-state index in [1.807, 2.05) is 17.5 Å². The Hall–Kier alpha value is -3.33. The van der Waals surface area contributed by atoms with Crippen molar-refractivity contribution in [3.05, 3.63) is 63.5 Å². The molecule has 0 radical (unpaired) electrons. The van der Waals surface area contributed by atoms with Crippen LogP contribution in [0.4, 0.5) is 11.7 Å². The fourth-order valence-corrected chi connectivity index (χ4v) is 2.44. The molecule has 1 N–H and O–H groups in total. The summed E-state index contributed by atoms with van der Waals surface area (Å²) in [6.07, 6.45) is 2.80. The van der Waals surface area contributed by atoms with Gasteiger partial charge in [0.2, 0.25) is 0 Å². The molecule has 0 atom stereocenters. The number of hydrogen-bond donors (Lipinski definition) is 1. The number of nitrogens with one attached hydrogen (secondary N) is 1. The summed E-state index contributed by atoms with van der Waals surface area (Å²) >= 11 is 1.45. The second-order valence-corrected chi connectivity index (χ2v) is 5.51. The van der Waals surface area contributed by atoms with E-state index in [1.54, 1.807) is 12.1 Å². The molecule has 8 nitrogen and oxygen atoms in total. The van der Waals surface area contributed by atoms with Gasteiger partial charge in [0, 0.05) is 18.2 Å². The zero-order valence-electron chi connectivity index (χ0n) is 12.1. The smallest absolute Gasteiger partial charge is 0.322 e.